The molecule has 0 saturated heterocycles. The summed E-state index contributed by atoms with van der Waals surface area (Å²) in [6.07, 6.45) is 0. The fourth-order valence-corrected chi connectivity index (χ4v) is 2.40. The van der Waals surface area contributed by atoms with Gasteiger partial charge in [-0.05, 0) is 31.0 Å². The highest BCUT2D eigenvalue weighted by Gasteiger charge is 2.16. The van der Waals surface area contributed by atoms with Gasteiger partial charge in [0.05, 0.1) is 15.5 Å². The Balaban J connectivity index is 2.30. The van der Waals surface area contributed by atoms with Gasteiger partial charge in [-0.15, -0.1) is 0 Å². The van der Waals surface area contributed by atoms with Crippen molar-refractivity contribution in [3.8, 4) is 0 Å². The highest BCUT2D eigenvalue weighted by molar-refractivity contribution is 6.31. The van der Waals surface area contributed by atoms with E-state index in [0.717, 1.165) is 16.8 Å². The van der Waals surface area contributed by atoms with Crippen molar-refractivity contribution < 1.29 is 4.92 Å². The van der Waals surface area contributed by atoms with E-state index in [0.29, 0.717) is 17.1 Å². The van der Waals surface area contributed by atoms with Crippen molar-refractivity contribution in [1.82, 2.24) is 0 Å². The zero-order valence-corrected chi connectivity index (χ0v) is 12.1. The largest absolute Gasteiger partial charge is 0.380 e. The topological polar surface area (TPSA) is 55.2 Å². The maximum absolute atomic E-state index is 11.0. The molecule has 4 nitrogen and oxygen atoms in total. The minimum Gasteiger partial charge on any atom is -0.380 e. The van der Waals surface area contributed by atoms with Gasteiger partial charge in [0.25, 0.3) is 5.69 Å². The maximum atomic E-state index is 11.0. The standard InChI is InChI=1S/C15H15ClN2O2/c1-10-5-3-6-11(2)15(10)17-9-12-13(16)7-4-8-14(12)18(19)20/h3-8,17H,9H2,1-2H3. The van der Waals surface area contributed by atoms with Gasteiger partial charge < -0.3 is 5.32 Å². The Hall–Kier alpha value is -2.07. The summed E-state index contributed by atoms with van der Waals surface area (Å²) < 4.78 is 0. The summed E-state index contributed by atoms with van der Waals surface area (Å²) in [5, 5.41) is 14.7. The fraction of sp³-hybridized carbons (Fsp3) is 0.200. The number of anilines is 1. The van der Waals surface area contributed by atoms with Crippen LogP contribution in [0.2, 0.25) is 5.02 Å². The molecular weight excluding hydrogens is 276 g/mol. The lowest BCUT2D eigenvalue weighted by molar-refractivity contribution is -0.385. The van der Waals surface area contributed by atoms with Gasteiger partial charge in [-0.2, -0.15) is 0 Å². The van der Waals surface area contributed by atoms with Gasteiger partial charge in [0.1, 0.15) is 0 Å². The maximum Gasteiger partial charge on any atom is 0.275 e. The second-order valence-electron chi connectivity index (χ2n) is 4.61. The number of para-hydroxylation sites is 1. The molecule has 0 atom stereocenters. The number of benzene rings is 2. The molecule has 0 heterocycles. The number of nitrogens with zero attached hydrogens (tertiary/aromatic N) is 1. The van der Waals surface area contributed by atoms with Crippen LogP contribution in [0.4, 0.5) is 11.4 Å². The first-order chi connectivity index (χ1) is 9.50. The van der Waals surface area contributed by atoms with E-state index < -0.39 is 4.92 Å². The summed E-state index contributed by atoms with van der Waals surface area (Å²) in [5.74, 6) is 0. The normalized spacial score (nSPS) is 10.3. The number of rotatable bonds is 4. The van der Waals surface area contributed by atoms with Crippen molar-refractivity contribution in [2.75, 3.05) is 5.32 Å². The molecule has 0 aliphatic carbocycles. The molecule has 0 aromatic heterocycles. The first-order valence-corrected chi connectivity index (χ1v) is 6.60. The first kappa shape index (κ1) is 14.3. The quantitative estimate of drug-likeness (QED) is 0.667. The van der Waals surface area contributed by atoms with Crippen molar-refractivity contribution in [1.29, 1.82) is 0 Å². The number of aryl methyl sites for hydroxylation is 2. The second kappa shape index (κ2) is 5.92. The minimum atomic E-state index is -0.409. The van der Waals surface area contributed by atoms with E-state index in [1.165, 1.54) is 6.07 Å². The summed E-state index contributed by atoms with van der Waals surface area (Å²) in [6, 6.07) is 10.7. The van der Waals surface area contributed by atoms with Gasteiger partial charge in [-0.1, -0.05) is 35.9 Å². The molecule has 0 fully saturated rings. The molecule has 2 aromatic carbocycles. The number of nitro groups is 1. The van der Waals surface area contributed by atoms with Crippen LogP contribution >= 0.6 is 11.6 Å². The zero-order chi connectivity index (χ0) is 14.7. The van der Waals surface area contributed by atoms with Crippen molar-refractivity contribution >= 4 is 23.0 Å². The molecule has 0 aliphatic rings. The molecule has 1 N–H and O–H groups in total. The van der Waals surface area contributed by atoms with Crippen LogP contribution in [-0.4, -0.2) is 4.92 Å². The SMILES string of the molecule is Cc1cccc(C)c1NCc1c(Cl)cccc1[N+](=O)[O-]. The van der Waals surface area contributed by atoms with Crippen molar-refractivity contribution in [2.45, 2.75) is 20.4 Å². The molecule has 0 aliphatic heterocycles. The number of halogens is 1. The van der Waals surface area contributed by atoms with Crippen molar-refractivity contribution in [3.63, 3.8) is 0 Å². The summed E-state index contributed by atoms with van der Waals surface area (Å²) in [7, 11) is 0. The van der Waals surface area contributed by atoms with Gasteiger partial charge in [0, 0.05) is 18.3 Å². The van der Waals surface area contributed by atoms with Crippen LogP contribution in [0.1, 0.15) is 16.7 Å². The molecule has 2 rings (SSSR count). The summed E-state index contributed by atoms with van der Waals surface area (Å²) >= 11 is 6.07. The van der Waals surface area contributed by atoms with Gasteiger partial charge >= 0.3 is 0 Å². The Bertz CT molecular complexity index is 636. The molecular formula is C15H15ClN2O2. The summed E-state index contributed by atoms with van der Waals surface area (Å²) in [6.45, 7) is 4.31. The number of nitro benzene ring substituents is 1. The van der Waals surface area contributed by atoms with Gasteiger partial charge in [0.15, 0.2) is 0 Å². The minimum absolute atomic E-state index is 0.0382. The Labute approximate surface area is 122 Å². The van der Waals surface area contributed by atoms with Gasteiger partial charge in [-0.3, -0.25) is 10.1 Å². The lowest BCUT2D eigenvalue weighted by Gasteiger charge is -2.13. The number of hydrogen-bond donors (Lipinski definition) is 1. The molecule has 2 aromatic rings. The lowest BCUT2D eigenvalue weighted by Crippen LogP contribution is -2.06. The summed E-state index contributed by atoms with van der Waals surface area (Å²) in [5.41, 5.74) is 3.72. The smallest absolute Gasteiger partial charge is 0.275 e. The molecule has 0 radical (unpaired) electrons. The fourth-order valence-electron chi connectivity index (χ4n) is 2.16. The van der Waals surface area contributed by atoms with Crippen LogP contribution in [0.5, 0.6) is 0 Å². The van der Waals surface area contributed by atoms with E-state index in [9.17, 15) is 10.1 Å². The van der Waals surface area contributed by atoms with Crippen molar-refractivity contribution in [3.05, 3.63) is 68.2 Å². The predicted molar refractivity (Wildman–Crippen MR) is 81.3 cm³/mol. The van der Waals surface area contributed by atoms with Crippen LogP contribution in [0.15, 0.2) is 36.4 Å². The average Bonchev–Trinajstić information content (AvgIpc) is 2.39. The molecule has 0 unspecified atom stereocenters. The molecule has 20 heavy (non-hydrogen) atoms. The first-order valence-electron chi connectivity index (χ1n) is 6.22. The highest BCUT2D eigenvalue weighted by Crippen LogP contribution is 2.28. The zero-order valence-electron chi connectivity index (χ0n) is 11.3. The van der Waals surface area contributed by atoms with E-state index in [-0.39, 0.29) is 5.69 Å². The van der Waals surface area contributed by atoms with Crippen LogP contribution in [-0.2, 0) is 6.54 Å². The predicted octanol–water partition coefficient (Wildman–Crippen LogP) is 4.48. The Kier molecular flexibility index (Phi) is 4.25. The highest BCUT2D eigenvalue weighted by atomic mass is 35.5. The Morgan fingerprint density at radius 2 is 1.75 bits per heavy atom. The third-order valence-corrected chi connectivity index (χ3v) is 3.57. The van der Waals surface area contributed by atoms with Crippen LogP contribution < -0.4 is 5.32 Å². The molecule has 5 heteroatoms. The van der Waals surface area contributed by atoms with Gasteiger partial charge in [-0.25, -0.2) is 0 Å². The van der Waals surface area contributed by atoms with E-state index in [4.69, 9.17) is 11.6 Å². The molecule has 0 amide bonds. The lowest BCUT2D eigenvalue weighted by atomic mass is 10.1. The monoisotopic (exact) mass is 290 g/mol. The summed E-state index contributed by atoms with van der Waals surface area (Å²) in [4.78, 5) is 10.6. The molecule has 0 saturated carbocycles. The number of hydrogen-bond acceptors (Lipinski definition) is 3. The van der Waals surface area contributed by atoms with Crippen molar-refractivity contribution in [2.24, 2.45) is 0 Å². The van der Waals surface area contributed by atoms with Crippen LogP contribution in [0, 0.1) is 24.0 Å². The molecule has 0 bridgehead atoms. The Morgan fingerprint density at radius 1 is 1.15 bits per heavy atom. The van der Waals surface area contributed by atoms with Crippen LogP contribution in [0.3, 0.4) is 0 Å². The van der Waals surface area contributed by atoms with Gasteiger partial charge in [0.2, 0.25) is 0 Å². The van der Waals surface area contributed by atoms with E-state index in [1.54, 1.807) is 12.1 Å². The number of nitrogens with one attached hydrogen (secondary N) is 1. The third-order valence-electron chi connectivity index (χ3n) is 3.21. The molecule has 0 spiro atoms. The third kappa shape index (κ3) is 2.91. The van der Waals surface area contributed by atoms with Crippen LogP contribution in [0.25, 0.3) is 0 Å². The second-order valence-corrected chi connectivity index (χ2v) is 5.02. The average molecular weight is 291 g/mol. The van der Waals surface area contributed by atoms with E-state index in [1.807, 2.05) is 32.0 Å². The Morgan fingerprint density at radius 3 is 2.35 bits per heavy atom. The van der Waals surface area contributed by atoms with E-state index >= 15 is 0 Å². The molecule has 104 valence electrons. The van der Waals surface area contributed by atoms with E-state index in [2.05, 4.69) is 5.32 Å².